The third-order valence-corrected chi connectivity index (χ3v) is 6.40. The summed E-state index contributed by atoms with van der Waals surface area (Å²) < 4.78 is 12.0. The van der Waals surface area contributed by atoms with E-state index in [-0.39, 0.29) is 13.2 Å². The summed E-state index contributed by atoms with van der Waals surface area (Å²) >= 11 is 6.42. The van der Waals surface area contributed by atoms with Crippen LogP contribution in [0, 0.1) is 32.8 Å². The molecule has 0 saturated heterocycles. The minimum atomic E-state index is 0.134. The molecule has 0 fully saturated rings. The molecule has 0 bridgehead atoms. The van der Waals surface area contributed by atoms with Crippen LogP contribution in [-0.2, 0) is 13.2 Å². The highest BCUT2D eigenvalue weighted by Gasteiger charge is 2.14. The van der Waals surface area contributed by atoms with Gasteiger partial charge >= 0.3 is 0 Å². The summed E-state index contributed by atoms with van der Waals surface area (Å²) in [6, 6.07) is 16.8. The summed E-state index contributed by atoms with van der Waals surface area (Å²) in [5.41, 5.74) is 7.56. The molecule has 0 amide bonds. The minimum Gasteiger partial charge on any atom is -0.488 e. The van der Waals surface area contributed by atoms with Crippen molar-refractivity contribution in [1.82, 2.24) is 4.98 Å². The van der Waals surface area contributed by atoms with Crippen LogP contribution in [0.3, 0.4) is 0 Å². The monoisotopic (exact) mass is 506 g/mol. The molecule has 1 aromatic heterocycles. The van der Waals surface area contributed by atoms with Crippen molar-refractivity contribution in [2.75, 3.05) is 0 Å². The second-order valence-electron chi connectivity index (χ2n) is 8.39. The van der Waals surface area contributed by atoms with Crippen LogP contribution in [-0.4, -0.2) is 11.3 Å². The standard InChI is InChI=1S/C31H23ClN2O3/c1-5-23-8-6-10-27(20(23)2)28-11-7-9-24(21(28)3)19-37-31-14-30(25(17-35)13-29(31)32)36-18-22-12-26(33-4)16-34-15-22/h1,6-17H,18-19H2,2-3H3. The molecular weight excluding hydrogens is 484 g/mol. The van der Waals surface area contributed by atoms with Crippen LogP contribution in [0.4, 0.5) is 5.69 Å². The number of terminal acetylenes is 1. The summed E-state index contributed by atoms with van der Waals surface area (Å²) in [5.74, 6) is 3.46. The number of rotatable bonds is 8. The smallest absolute Gasteiger partial charge is 0.205 e. The van der Waals surface area contributed by atoms with Gasteiger partial charge in [-0.1, -0.05) is 47.9 Å². The number of ether oxygens (including phenoxy) is 2. The number of aldehydes is 1. The third-order valence-electron chi connectivity index (χ3n) is 6.10. The van der Waals surface area contributed by atoms with Crippen molar-refractivity contribution in [3.05, 3.63) is 117 Å². The summed E-state index contributed by atoms with van der Waals surface area (Å²) in [6.07, 6.45) is 9.43. The molecule has 0 N–H and O–H groups in total. The summed E-state index contributed by atoms with van der Waals surface area (Å²) in [6.45, 7) is 11.6. The fraction of sp³-hybridized carbons (Fsp3) is 0.129. The van der Waals surface area contributed by atoms with Crippen molar-refractivity contribution < 1.29 is 14.3 Å². The maximum absolute atomic E-state index is 11.6. The van der Waals surface area contributed by atoms with Crippen molar-refractivity contribution in [2.45, 2.75) is 27.1 Å². The number of hydrogen-bond donors (Lipinski definition) is 0. The lowest BCUT2D eigenvalue weighted by Gasteiger charge is -2.16. The Hall–Kier alpha value is -4.58. The second kappa shape index (κ2) is 11.4. The zero-order chi connectivity index (χ0) is 26.4. The second-order valence-corrected chi connectivity index (χ2v) is 8.80. The Morgan fingerprint density at radius 3 is 2.46 bits per heavy atom. The SMILES string of the molecule is [C-]#[N+]c1cncc(COc2cc(OCc3cccc(-c4cccc(C#C)c4C)c3C)c(Cl)cc2C=O)c1. The van der Waals surface area contributed by atoms with E-state index in [4.69, 9.17) is 34.1 Å². The van der Waals surface area contributed by atoms with E-state index in [0.29, 0.717) is 39.6 Å². The molecule has 0 aliphatic carbocycles. The van der Waals surface area contributed by atoms with Crippen LogP contribution in [0.2, 0.25) is 5.02 Å². The zero-order valence-corrected chi connectivity index (χ0v) is 21.2. The average Bonchev–Trinajstić information content (AvgIpc) is 2.92. The van der Waals surface area contributed by atoms with Crippen molar-refractivity contribution >= 4 is 23.6 Å². The van der Waals surface area contributed by atoms with Gasteiger partial charge in [-0.15, -0.1) is 6.42 Å². The van der Waals surface area contributed by atoms with Crippen molar-refractivity contribution in [3.63, 3.8) is 0 Å². The average molecular weight is 507 g/mol. The number of nitrogens with zero attached hydrogens (tertiary/aromatic N) is 2. The van der Waals surface area contributed by atoms with E-state index in [9.17, 15) is 4.79 Å². The molecule has 0 saturated carbocycles. The van der Waals surface area contributed by atoms with E-state index >= 15 is 0 Å². The quantitative estimate of drug-likeness (QED) is 0.141. The van der Waals surface area contributed by atoms with Crippen molar-refractivity contribution in [3.8, 4) is 35.0 Å². The van der Waals surface area contributed by atoms with Crippen LogP contribution in [0.15, 0.2) is 67.0 Å². The molecule has 3 aromatic carbocycles. The Bertz CT molecular complexity index is 1560. The molecule has 6 heteroatoms. The van der Waals surface area contributed by atoms with E-state index in [0.717, 1.165) is 33.4 Å². The molecule has 0 aliphatic heterocycles. The molecule has 0 unspecified atom stereocenters. The normalized spacial score (nSPS) is 10.3. The van der Waals surface area contributed by atoms with Gasteiger partial charge in [-0.3, -0.25) is 9.78 Å². The van der Waals surface area contributed by atoms with E-state index < -0.39 is 0 Å². The van der Waals surface area contributed by atoms with Gasteiger partial charge in [0.15, 0.2) is 6.29 Å². The van der Waals surface area contributed by atoms with E-state index in [1.807, 2.05) is 38.1 Å². The van der Waals surface area contributed by atoms with Gasteiger partial charge in [0.25, 0.3) is 0 Å². The van der Waals surface area contributed by atoms with Crippen LogP contribution in [0.25, 0.3) is 16.0 Å². The predicted molar refractivity (Wildman–Crippen MR) is 145 cm³/mol. The lowest BCUT2D eigenvalue weighted by atomic mass is 9.92. The molecule has 0 atom stereocenters. The number of hydrogen-bond acceptors (Lipinski definition) is 4. The molecule has 4 aromatic rings. The first-order valence-corrected chi connectivity index (χ1v) is 11.8. The lowest BCUT2D eigenvalue weighted by molar-refractivity contribution is 0.111. The van der Waals surface area contributed by atoms with Crippen LogP contribution in [0.5, 0.6) is 11.5 Å². The van der Waals surface area contributed by atoms with E-state index in [1.54, 1.807) is 18.3 Å². The first-order chi connectivity index (χ1) is 17.9. The molecule has 4 rings (SSSR count). The highest BCUT2D eigenvalue weighted by Crippen LogP contribution is 2.35. The van der Waals surface area contributed by atoms with Gasteiger partial charge in [0.05, 0.1) is 17.2 Å². The van der Waals surface area contributed by atoms with Gasteiger partial charge in [0, 0.05) is 24.0 Å². The maximum Gasteiger partial charge on any atom is 0.205 e. The number of benzene rings is 3. The van der Waals surface area contributed by atoms with Crippen molar-refractivity contribution in [1.29, 1.82) is 0 Å². The molecule has 0 aliphatic rings. The first-order valence-electron chi connectivity index (χ1n) is 11.5. The zero-order valence-electron chi connectivity index (χ0n) is 20.4. The van der Waals surface area contributed by atoms with Gasteiger partial charge in [0.2, 0.25) is 5.69 Å². The summed E-state index contributed by atoms with van der Waals surface area (Å²) in [5, 5.41) is 0.303. The molecule has 5 nitrogen and oxygen atoms in total. The molecule has 182 valence electrons. The van der Waals surface area contributed by atoms with Gasteiger partial charge in [-0.25, -0.2) is 4.85 Å². The maximum atomic E-state index is 11.6. The number of aromatic nitrogens is 1. The number of pyridine rings is 1. The Balaban J connectivity index is 1.57. The summed E-state index contributed by atoms with van der Waals surface area (Å²) in [7, 11) is 0. The Morgan fingerprint density at radius 1 is 1.00 bits per heavy atom. The van der Waals surface area contributed by atoms with Gasteiger partial charge in [-0.05, 0) is 65.4 Å². The minimum absolute atomic E-state index is 0.134. The first kappa shape index (κ1) is 25.5. The molecule has 1 heterocycles. The molecule has 0 spiro atoms. The Kier molecular flexibility index (Phi) is 7.89. The Morgan fingerprint density at radius 2 is 1.73 bits per heavy atom. The van der Waals surface area contributed by atoms with E-state index in [1.165, 1.54) is 12.3 Å². The van der Waals surface area contributed by atoms with Crippen LogP contribution < -0.4 is 9.47 Å². The van der Waals surface area contributed by atoms with Crippen molar-refractivity contribution in [2.24, 2.45) is 0 Å². The fourth-order valence-electron chi connectivity index (χ4n) is 4.02. The van der Waals surface area contributed by atoms with E-state index in [2.05, 4.69) is 27.9 Å². The highest BCUT2D eigenvalue weighted by molar-refractivity contribution is 6.32. The summed E-state index contributed by atoms with van der Waals surface area (Å²) in [4.78, 5) is 19.0. The van der Waals surface area contributed by atoms with Crippen LogP contribution in [0.1, 0.15) is 38.2 Å². The number of halogens is 1. The Labute approximate surface area is 221 Å². The number of carbonyl (C=O) groups is 1. The molecule has 0 radical (unpaired) electrons. The number of carbonyl (C=O) groups excluding carboxylic acids is 1. The molecule has 37 heavy (non-hydrogen) atoms. The van der Waals surface area contributed by atoms with Gasteiger partial charge in [0.1, 0.15) is 24.7 Å². The largest absolute Gasteiger partial charge is 0.488 e. The van der Waals surface area contributed by atoms with Crippen LogP contribution >= 0.6 is 11.6 Å². The van der Waals surface area contributed by atoms with Gasteiger partial charge in [-0.2, -0.15) is 0 Å². The van der Waals surface area contributed by atoms with Gasteiger partial charge < -0.3 is 9.47 Å². The predicted octanol–water partition coefficient (Wildman–Crippen LogP) is 7.52. The lowest BCUT2D eigenvalue weighted by Crippen LogP contribution is -2.03. The molecular formula is C31H23ClN2O3. The topological polar surface area (TPSA) is 52.8 Å². The third kappa shape index (κ3) is 5.64. The highest BCUT2D eigenvalue weighted by atomic mass is 35.5. The fourth-order valence-corrected chi connectivity index (χ4v) is 4.25.